The van der Waals surface area contributed by atoms with Gasteiger partial charge in [-0.15, -0.1) is 0 Å². The van der Waals surface area contributed by atoms with Crippen LogP contribution < -0.4 is 10.6 Å². The van der Waals surface area contributed by atoms with Gasteiger partial charge in [0.1, 0.15) is 0 Å². The molecule has 4 nitrogen and oxygen atoms in total. The van der Waals surface area contributed by atoms with Crippen LogP contribution in [0.2, 0.25) is 0 Å². The van der Waals surface area contributed by atoms with E-state index in [1.54, 1.807) is 0 Å². The summed E-state index contributed by atoms with van der Waals surface area (Å²) in [5.41, 5.74) is 4.90. The first-order chi connectivity index (χ1) is 10.0. The maximum atomic E-state index is 11.8. The Bertz CT molecular complexity index is 668. The Morgan fingerprint density at radius 3 is 2.76 bits per heavy atom. The van der Waals surface area contributed by atoms with Gasteiger partial charge in [0.25, 0.3) is 0 Å². The van der Waals surface area contributed by atoms with Crippen molar-refractivity contribution in [1.29, 1.82) is 0 Å². The summed E-state index contributed by atoms with van der Waals surface area (Å²) in [6.07, 6.45) is 0.940. The van der Waals surface area contributed by atoms with Crippen molar-refractivity contribution < 1.29 is 4.79 Å². The quantitative estimate of drug-likeness (QED) is 0.808. The number of fused-ring (bicyclic) bond motifs is 1. The second-order valence-electron chi connectivity index (χ2n) is 6.26. The number of aromatic amines is 1. The first-order valence-corrected chi connectivity index (χ1v) is 7.68. The van der Waals surface area contributed by atoms with Crippen LogP contribution in [0.1, 0.15) is 43.0 Å². The molecule has 0 spiro atoms. The zero-order chi connectivity index (χ0) is 15.0. The summed E-state index contributed by atoms with van der Waals surface area (Å²) in [6.45, 7) is 8.09. The molecular weight excluding hydrogens is 262 g/mol. The number of nitrogens with one attached hydrogen (secondary N) is 3. The minimum absolute atomic E-state index is 0.00386. The molecule has 3 rings (SSSR count). The lowest BCUT2D eigenvalue weighted by Crippen LogP contribution is -2.52. The minimum Gasteiger partial charge on any atom is -0.357 e. The highest BCUT2D eigenvalue weighted by Crippen LogP contribution is 2.25. The van der Waals surface area contributed by atoms with Crippen molar-refractivity contribution in [3.63, 3.8) is 0 Å². The number of hydrogen-bond acceptors (Lipinski definition) is 2. The topological polar surface area (TPSA) is 56.9 Å². The molecule has 1 fully saturated rings. The van der Waals surface area contributed by atoms with E-state index in [1.165, 1.54) is 16.5 Å². The number of aryl methyl sites for hydroxylation is 1. The number of carbonyl (C=O) groups excluding carboxylic acids is 1. The summed E-state index contributed by atoms with van der Waals surface area (Å²) in [5.74, 6) is 0.615. The molecule has 1 aromatic heterocycles. The van der Waals surface area contributed by atoms with Crippen LogP contribution in [0, 0.1) is 6.92 Å². The predicted octanol–water partition coefficient (Wildman–Crippen LogP) is 2.58. The molecule has 1 amide bonds. The number of amides is 1. The number of aromatic nitrogens is 1. The van der Waals surface area contributed by atoms with Crippen LogP contribution in [0.4, 0.5) is 0 Å². The van der Waals surface area contributed by atoms with E-state index in [0.717, 1.165) is 24.2 Å². The van der Waals surface area contributed by atoms with Crippen LogP contribution in [0.5, 0.6) is 0 Å². The highest BCUT2D eigenvalue weighted by molar-refractivity contribution is 5.84. The van der Waals surface area contributed by atoms with Crippen molar-refractivity contribution in [1.82, 2.24) is 15.6 Å². The van der Waals surface area contributed by atoms with Crippen molar-refractivity contribution in [3.8, 4) is 0 Å². The molecule has 4 heteroatoms. The van der Waals surface area contributed by atoms with Crippen molar-refractivity contribution in [2.24, 2.45) is 0 Å². The van der Waals surface area contributed by atoms with Crippen LogP contribution in [-0.2, 0) is 11.3 Å². The number of hydrogen-bond donors (Lipinski definition) is 3. The average molecular weight is 285 g/mol. The third-order valence-corrected chi connectivity index (χ3v) is 4.28. The standard InChI is InChI=1S/C17H23N3O/c1-10(2)14-8-16-12(6-11(14)3)7-13(20-16)9-19-17(21)15-4-5-18-15/h6-8,10,15,18,20H,4-5,9H2,1-3H3,(H,19,21). The minimum atomic E-state index is 0.00386. The molecule has 1 aliphatic heterocycles. The van der Waals surface area contributed by atoms with Crippen molar-refractivity contribution in [2.75, 3.05) is 6.54 Å². The highest BCUT2D eigenvalue weighted by atomic mass is 16.2. The lowest BCUT2D eigenvalue weighted by Gasteiger charge is -2.26. The summed E-state index contributed by atoms with van der Waals surface area (Å²) in [7, 11) is 0. The summed E-state index contributed by atoms with van der Waals surface area (Å²) in [6, 6.07) is 6.58. The molecule has 2 aromatic rings. The fraction of sp³-hybridized carbons (Fsp3) is 0.471. The molecule has 21 heavy (non-hydrogen) atoms. The maximum Gasteiger partial charge on any atom is 0.237 e. The van der Waals surface area contributed by atoms with Gasteiger partial charge in [-0.1, -0.05) is 13.8 Å². The van der Waals surface area contributed by atoms with Crippen molar-refractivity contribution >= 4 is 16.8 Å². The van der Waals surface area contributed by atoms with Crippen LogP contribution >= 0.6 is 0 Å². The molecular formula is C17H23N3O. The van der Waals surface area contributed by atoms with Gasteiger partial charge in [-0.05, 0) is 60.5 Å². The summed E-state index contributed by atoms with van der Waals surface area (Å²) < 4.78 is 0. The van der Waals surface area contributed by atoms with Gasteiger partial charge in [-0.2, -0.15) is 0 Å². The van der Waals surface area contributed by atoms with Gasteiger partial charge in [0.05, 0.1) is 12.6 Å². The van der Waals surface area contributed by atoms with Gasteiger partial charge in [0, 0.05) is 11.2 Å². The Balaban J connectivity index is 1.75. The van der Waals surface area contributed by atoms with E-state index < -0.39 is 0 Å². The first kappa shape index (κ1) is 14.1. The molecule has 0 bridgehead atoms. The van der Waals surface area contributed by atoms with E-state index >= 15 is 0 Å². The second-order valence-corrected chi connectivity index (χ2v) is 6.26. The van der Waals surface area contributed by atoms with E-state index in [-0.39, 0.29) is 11.9 Å². The lowest BCUT2D eigenvalue weighted by atomic mass is 9.97. The molecule has 2 heterocycles. The largest absolute Gasteiger partial charge is 0.357 e. The summed E-state index contributed by atoms with van der Waals surface area (Å²) >= 11 is 0. The van der Waals surface area contributed by atoms with Gasteiger partial charge >= 0.3 is 0 Å². The molecule has 1 aliphatic rings. The Kier molecular flexibility index (Phi) is 3.72. The fourth-order valence-corrected chi connectivity index (χ4v) is 2.91. The normalized spacial score (nSPS) is 18.0. The first-order valence-electron chi connectivity index (χ1n) is 7.68. The van der Waals surface area contributed by atoms with Crippen LogP contribution in [0.3, 0.4) is 0 Å². The SMILES string of the molecule is Cc1cc2cc(CNC(=O)C3CCN3)[nH]c2cc1C(C)C. The predicted molar refractivity (Wildman–Crippen MR) is 85.4 cm³/mol. The van der Waals surface area contributed by atoms with Gasteiger partial charge in [-0.3, -0.25) is 4.79 Å². The zero-order valence-electron chi connectivity index (χ0n) is 12.9. The average Bonchev–Trinajstić information content (AvgIpc) is 2.74. The zero-order valence-corrected chi connectivity index (χ0v) is 12.9. The van der Waals surface area contributed by atoms with E-state index in [2.05, 4.69) is 54.6 Å². The van der Waals surface area contributed by atoms with E-state index in [9.17, 15) is 4.79 Å². The third-order valence-electron chi connectivity index (χ3n) is 4.28. The Labute approximate surface area is 125 Å². The van der Waals surface area contributed by atoms with E-state index in [1.807, 2.05) is 0 Å². The molecule has 1 atom stereocenters. The van der Waals surface area contributed by atoms with Crippen LogP contribution in [0.25, 0.3) is 10.9 Å². The number of rotatable bonds is 4. The smallest absolute Gasteiger partial charge is 0.237 e. The molecule has 1 saturated heterocycles. The Morgan fingerprint density at radius 1 is 1.38 bits per heavy atom. The second kappa shape index (κ2) is 5.53. The van der Waals surface area contributed by atoms with Gasteiger partial charge in [0.2, 0.25) is 5.91 Å². The summed E-state index contributed by atoms with van der Waals surface area (Å²) in [4.78, 5) is 15.2. The molecule has 1 unspecified atom stereocenters. The van der Waals surface area contributed by atoms with Crippen LogP contribution in [-0.4, -0.2) is 23.5 Å². The van der Waals surface area contributed by atoms with E-state index in [4.69, 9.17) is 0 Å². The fourth-order valence-electron chi connectivity index (χ4n) is 2.91. The van der Waals surface area contributed by atoms with Gasteiger partial charge < -0.3 is 15.6 Å². The van der Waals surface area contributed by atoms with Crippen LogP contribution in [0.15, 0.2) is 18.2 Å². The molecule has 0 saturated carbocycles. The van der Waals surface area contributed by atoms with Crippen molar-refractivity contribution in [2.45, 2.75) is 45.7 Å². The molecule has 112 valence electrons. The summed E-state index contributed by atoms with van der Waals surface area (Å²) in [5, 5.41) is 7.31. The molecule has 0 radical (unpaired) electrons. The van der Waals surface area contributed by atoms with Crippen molar-refractivity contribution in [3.05, 3.63) is 35.0 Å². The highest BCUT2D eigenvalue weighted by Gasteiger charge is 2.23. The molecule has 0 aliphatic carbocycles. The Morgan fingerprint density at radius 2 is 2.14 bits per heavy atom. The molecule has 3 N–H and O–H groups in total. The van der Waals surface area contributed by atoms with E-state index in [0.29, 0.717) is 12.5 Å². The van der Waals surface area contributed by atoms with Gasteiger partial charge in [-0.25, -0.2) is 0 Å². The number of H-pyrrole nitrogens is 1. The Hall–Kier alpha value is -1.81. The number of carbonyl (C=O) groups is 1. The third kappa shape index (κ3) is 2.81. The monoisotopic (exact) mass is 285 g/mol. The molecule has 1 aromatic carbocycles. The number of benzene rings is 1. The maximum absolute atomic E-state index is 11.8. The lowest BCUT2D eigenvalue weighted by molar-refractivity contribution is -0.124. The van der Waals surface area contributed by atoms with Gasteiger partial charge in [0.15, 0.2) is 0 Å².